The number of rotatable bonds is 5. The van der Waals surface area contributed by atoms with Gasteiger partial charge in [-0.1, -0.05) is 0 Å². The second kappa shape index (κ2) is 4.99. The Morgan fingerprint density at radius 2 is 1.53 bits per heavy atom. The molecule has 0 atom stereocenters. The van der Waals surface area contributed by atoms with Crippen LogP contribution in [0.2, 0.25) is 0 Å². The van der Waals surface area contributed by atoms with E-state index in [9.17, 15) is 13.6 Å². The number of carbonyl (C=O) groups excluding carboxylic acids is 1. The third kappa shape index (κ3) is 2.46. The van der Waals surface area contributed by atoms with Crippen LogP contribution in [0.1, 0.15) is 5.56 Å². The summed E-state index contributed by atoms with van der Waals surface area (Å²) in [6.07, 6.45) is -0.437. The molecule has 0 heterocycles. The first kappa shape index (κ1) is 13.2. The number of ether oxygens (including phenoxy) is 3. The molecule has 0 N–H and O–H groups in total. The standard InChI is InChI=1S/C11H12F2O4/c1-15-8-4-7(11(12,13)6-14)5-9(16-2)10(8)17-3/h4-6H,1-3H3. The summed E-state index contributed by atoms with van der Waals surface area (Å²) in [5, 5.41) is 0. The lowest BCUT2D eigenvalue weighted by Gasteiger charge is -2.16. The van der Waals surface area contributed by atoms with E-state index < -0.39 is 17.8 Å². The maximum Gasteiger partial charge on any atom is 0.327 e. The van der Waals surface area contributed by atoms with Gasteiger partial charge in [0.05, 0.1) is 21.3 Å². The van der Waals surface area contributed by atoms with Gasteiger partial charge in [-0.3, -0.25) is 4.79 Å². The topological polar surface area (TPSA) is 44.8 Å². The fraction of sp³-hybridized carbons (Fsp3) is 0.364. The maximum atomic E-state index is 13.2. The molecule has 1 aromatic rings. The molecule has 0 saturated carbocycles. The molecule has 0 fully saturated rings. The second-order valence-corrected chi connectivity index (χ2v) is 3.15. The average molecular weight is 246 g/mol. The molecule has 4 nitrogen and oxygen atoms in total. The van der Waals surface area contributed by atoms with Crippen LogP contribution in [0, 0.1) is 0 Å². The van der Waals surface area contributed by atoms with Crippen LogP contribution in [-0.4, -0.2) is 27.6 Å². The summed E-state index contributed by atoms with van der Waals surface area (Å²) in [6, 6.07) is 2.07. The Bertz CT molecular complexity index is 393. The van der Waals surface area contributed by atoms with Gasteiger partial charge in [0.25, 0.3) is 0 Å². The molecular formula is C11H12F2O4. The molecule has 0 aliphatic rings. The fourth-order valence-corrected chi connectivity index (χ4v) is 1.34. The van der Waals surface area contributed by atoms with Crippen molar-refractivity contribution in [3.63, 3.8) is 0 Å². The lowest BCUT2D eigenvalue weighted by atomic mass is 10.1. The molecule has 6 heteroatoms. The first-order valence-electron chi connectivity index (χ1n) is 4.64. The fourth-order valence-electron chi connectivity index (χ4n) is 1.34. The summed E-state index contributed by atoms with van der Waals surface area (Å²) >= 11 is 0. The highest BCUT2D eigenvalue weighted by molar-refractivity contribution is 5.66. The second-order valence-electron chi connectivity index (χ2n) is 3.15. The zero-order chi connectivity index (χ0) is 13.1. The monoisotopic (exact) mass is 246 g/mol. The Morgan fingerprint density at radius 3 is 1.82 bits per heavy atom. The predicted molar refractivity (Wildman–Crippen MR) is 56.1 cm³/mol. The number of aldehydes is 1. The van der Waals surface area contributed by atoms with Gasteiger partial charge in [-0.05, 0) is 12.1 Å². The summed E-state index contributed by atoms with van der Waals surface area (Å²) in [4.78, 5) is 10.3. The van der Waals surface area contributed by atoms with Crippen molar-refractivity contribution in [3.05, 3.63) is 17.7 Å². The molecule has 0 radical (unpaired) electrons. The van der Waals surface area contributed by atoms with Crippen molar-refractivity contribution >= 4 is 6.29 Å². The number of carbonyl (C=O) groups is 1. The minimum absolute atomic E-state index is 0.0726. The highest BCUT2D eigenvalue weighted by Gasteiger charge is 2.33. The molecule has 0 aliphatic carbocycles. The van der Waals surface area contributed by atoms with E-state index in [0.29, 0.717) is 0 Å². The zero-order valence-corrected chi connectivity index (χ0v) is 9.62. The minimum Gasteiger partial charge on any atom is -0.493 e. The largest absolute Gasteiger partial charge is 0.493 e. The van der Waals surface area contributed by atoms with E-state index in [0.717, 1.165) is 12.1 Å². The van der Waals surface area contributed by atoms with Gasteiger partial charge < -0.3 is 14.2 Å². The predicted octanol–water partition coefficient (Wildman–Crippen LogP) is 2.00. The van der Waals surface area contributed by atoms with Crippen LogP contribution in [0.5, 0.6) is 17.2 Å². The van der Waals surface area contributed by atoms with Crippen LogP contribution >= 0.6 is 0 Å². The SMILES string of the molecule is COc1cc(C(F)(F)C=O)cc(OC)c1OC. The highest BCUT2D eigenvalue weighted by Crippen LogP contribution is 2.41. The molecule has 1 aromatic carbocycles. The Balaban J connectivity index is 3.42. The van der Waals surface area contributed by atoms with Crippen molar-refractivity contribution in [2.75, 3.05) is 21.3 Å². The highest BCUT2D eigenvalue weighted by atomic mass is 19.3. The molecule has 94 valence electrons. The van der Waals surface area contributed by atoms with Crippen LogP contribution in [0.4, 0.5) is 8.78 Å². The number of hydrogen-bond donors (Lipinski definition) is 0. The average Bonchev–Trinajstić information content (AvgIpc) is 2.36. The maximum absolute atomic E-state index is 13.2. The molecule has 1 rings (SSSR count). The Morgan fingerprint density at radius 1 is 1.06 bits per heavy atom. The quantitative estimate of drug-likeness (QED) is 0.745. The summed E-state index contributed by atoms with van der Waals surface area (Å²) in [5.41, 5.74) is -0.512. The summed E-state index contributed by atoms with van der Waals surface area (Å²) in [6.45, 7) is 0. The van der Waals surface area contributed by atoms with Crippen molar-refractivity contribution < 1.29 is 27.8 Å². The molecule has 0 bridgehead atoms. The molecule has 0 spiro atoms. The van der Waals surface area contributed by atoms with E-state index in [1.165, 1.54) is 21.3 Å². The Kier molecular flexibility index (Phi) is 3.88. The van der Waals surface area contributed by atoms with Gasteiger partial charge in [-0.2, -0.15) is 8.78 Å². The summed E-state index contributed by atoms with van der Waals surface area (Å²) in [7, 11) is 3.97. The molecule has 0 unspecified atom stereocenters. The van der Waals surface area contributed by atoms with Crippen molar-refractivity contribution in [2.24, 2.45) is 0 Å². The molecule has 0 aliphatic heterocycles. The van der Waals surface area contributed by atoms with E-state index in [4.69, 9.17) is 14.2 Å². The van der Waals surface area contributed by atoms with Gasteiger partial charge in [0.1, 0.15) is 0 Å². The van der Waals surface area contributed by atoms with E-state index in [-0.39, 0.29) is 17.2 Å². The Labute approximate surface area is 97.1 Å². The lowest BCUT2D eigenvalue weighted by molar-refractivity contribution is -0.130. The van der Waals surface area contributed by atoms with Crippen LogP contribution in [0.15, 0.2) is 12.1 Å². The van der Waals surface area contributed by atoms with E-state index >= 15 is 0 Å². The first-order chi connectivity index (χ1) is 8.00. The molecular weight excluding hydrogens is 234 g/mol. The van der Waals surface area contributed by atoms with Gasteiger partial charge in [-0.15, -0.1) is 0 Å². The van der Waals surface area contributed by atoms with Gasteiger partial charge >= 0.3 is 5.92 Å². The van der Waals surface area contributed by atoms with Gasteiger partial charge in [0.2, 0.25) is 5.75 Å². The van der Waals surface area contributed by atoms with Gasteiger partial charge in [0.15, 0.2) is 17.8 Å². The van der Waals surface area contributed by atoms with E-state index in [1.807, 2.05) is 0 Å². The van der Waals surface area contributed by atoms with Crippen LogP contribution < -0.4 is 14.2 Å². The van der Waals surface area contributed by atoms with E-state index in [1.54, 1.807) is 0 Å². The van der Waals surface area contributed by atoms with Crippen LogP contribution in [-0.2, 0) is 10.7 Å². The molecule has 0 amide bonds. The third-order valence-corrected chi connectivity index (χ3v) is 2.20. The van der Waals surface area contributed by atoms with Crippen LogP contribution in [0.25, 0.3) is 0 Å². The number of methoxy groups -OCH3 is 3. The van der Waals surface area contributed by atoms with Crippen molar-refractivity contribution in [1.29, 1.82) is 0 Å². The normalized spacial score (nSPS) is 10.9. The number of halogens is 2. The molecule has 0 aromatic heterocycles. The summed E-state index contributed by atoms with van der Waals surface area (Å²) in [5.74, 6) is -3.25. The molecule has 17 heavy (non-hydrogen) atoms. The number of benzene rings is 1. The number of alkyl halides is 2. The summed E-state index contributed by atoms with van der Waals surface area (Å²) < 4.78 is 41.3. The third-order valence-electron chi connectivity index (χ3n) is 2.20. The van der Waals surface area contributed by atoms with Crippen molar-refractivity contribution in [2.45, 2.75) is 5.92 Å². The zero-order valence-electron chi connectivity index (χ0n) is 9.62. The minimum atomic E-state index is -3.59. The lowest BCUT2D eigenvalue weighted by Crippen LogP contribution is -2.15. The smallest absolute Gasteiger partial charge is 0.327 e. The molecule has 0 saturated heterocycles. The van der Waals surface area contributed by atoms with E-state index in [2.05, 4.69) is 0 Å². The number of hydrogen-bond acceptors (Lipinski definition) is 4. The van der Waals surface area contributed by atoms with Crippen LogP contribution in [0.3, 0.4) is 0 Å². The first-order valence-corrected chi connectivity index (χ1v) is 4.64. The van der Waals surface area contributed by atoms with Crippen molar-refractivity contribution in [3.8, 4) is 17.2 Å². The van der Waals surface area contributed by atoms with Crippen molar-refractivity contribution in [1.82, 2.24) is 0 Å². The van der Waals surface area contributed by atoms with Gasteiger partial charge in [0, 0.05) is 5.56 Å². The van der Waals surface area contributed by atoms with Gasteiger partial charge in [-0.25, -0.2) is 0 Å². The Hall–Kier alpha value is -1.85.